The molecule has 0 radical (unpaired) electrons. The Morgan fingerprint density at radius 1 is 1.09 bits per heavy atom. The average Bonchev–Trinajstić information content (AvgIpc) is 3.26. The van der Waals surface area contributed by atoms with Crippen LogP contribution in [0.1, 0.15) is 34.0 Å². The summed E-state index contributed by atoms with van der Waals surface area (Å²) in [6.07, 6.45) is 5.41. The van der Waals surface area contributed by atoms with E-state index in [1.807, 2.05) is 6.07 Å². The Hall–Kier alpha value is -3.97. The number of anilines is 1. The SMILES string of the molecule is O=C(O)c1cc(C2CC23C(=O)Nc2cc(Cl)c(-c4ccc(-c5ccncc5)c(F)c4)cc23)c[nH]1. The van der Waals surface area contributed by atoms with Crippen molar-refractivity contribution in [3.8, 4) is 22.3 Å². The van der Waals surface area contributed by atoms with Gasteiger partial charge in [0.2, 0.25) is 5.91 Å². The van der Waals surface area contributed by atoms with Crippen LogP contribution in [0, 0.1) is 5.82 Å². The van der Waals surface area contributed by atoms with Crippen LogP contribution in [0.25, 0.3) is 22.3 Å². The number of aromatic nitrogens is 2. The van der Waals surface area contributed by atoms with E-state index in [-0.39, 0.29) is 23.3 Å². The fraction of sp³-hybridized carbons (Fsp3) is 0.115. The number of carboxylic acids is 1. The van der Waals surface area contributed by atoms with Crippen LogP contribution in [0.4, 0.5) is 10.1 Å². The number of benzene rings is 2. The zero-order chi connectivity index (χ0) is 23.6. The third-order valence-electron chi connectivity index (χ3n) is 6.81. The largest absolute Gasteiger partial charge is 0.477 e. The van der Waals surface area contributed by atoms with E-state index in [9.17, 15) is 14.7 Å². The second-order valence-corrected chi connectivity index (χ2v) is 9.05. The highest BCUT2D eigenvalue weighted by molar-refractivity contribution is 6.34. The van der Waals surface area contributed by atoms with Crippen LogP contribution < -0.4 is 5.32 Å². The number of pyridine rings is 1. The fourth-order valence-corrected chi connectivity index (χ4v) is 5.29. The molecule has 1 saturated carbocycles. The molecule has 0 bridgehead atoms. The first kappa shape index (κ1) is 20.6. The van der Waals surface area contributed by atoms with Crippen LogP contribution in [0.15, 0.2) is 67.1 Å². The Labute approximate surface area is 198 Å². The second kappa shape index (κ2) is 7.27. The molecule has 1 fully saturated rings. The molecule has 6 rings (SSSR count). The highest BCUT2D eigenvalue weighted by Gasteiger charge is 2.65. The summed E-state index contributed by atoms with van der Waals surface area (Å²) in [4.78, 5) is 31.0. The van der Waals surface area contributed by atoms with E-state index in [4.69, 9.17) is 11.6 Å². The number of H-pyrrole nitrogens is 1. The van der Waals surface area contributed by atoms with Gasteiger partial charge < -0.3 is 15.4 Å². The molecule has 8 heteroatoms. The van der Waals surface area contributed by atoms with E-state index < -0.39 is 11.4 Å². The lowest BCUT2D eigenvalue weighted by molar-refractivity contribution is -0.118. The Kier molecular flexibility index (Phi) is 4.41. The zero-order valence-electron chi connectivity index (χ0n) is 17.6. The maximum atomic E-state index is 15.0. The average molecular weight is 474 g/mol. The van der Waals surface area contributed by atoms with Crippen LogP contribution in [0.2, 0.25) is 5.02 Å². The first-order valence-electron chi connectivity index (χ1n) is 10.7. The number of carbonyl (C=O) groups is 2. The Balaban J connectivity index is 1.40. The number of carboxylic acid groups (broad SMARTS) is 1. The maximum Gasteiger partial charge on any atom is 0.352 e. The predicted octanol–water partition coefficient (Wildman–Crippen LogP) is 5.61. The first-order chi connectivity index (χ1) is 16.4. The molecular formula is C26H17ClFN3O3. The molecule has 3 heterocycles. The van der Waals surface area contributed by atoms with E-state index in [1.54, 1.807) is 55.0 Å². The highest BCUT2D eigenvalue weighted by Crippen LogP contribution is 2.65. The van der Waals surface area contributed by atoms with E-state index >= 15 is 4.39 Å². The van der Waals surface area contributed by atoms with Gasteiger partial charge in [-0.3, -0.25) is 9.78 Å². The van der Waals surface area contributed by atoms with Crippen molar-refractivity contribution in [3.05, 3.63) is 94.8 Å². The van der Waals surface area contributed by atoms with Gasteiger partial charge in [-0.25, -0.2) is 9.18 Å². The third-order valence-corrected chi connectivity index (χ3v) is 7.12. The smallest absolute Gasteiger partial charge is 0.352 e. The van der Waals surface area contributed by atoms with Crippen LogP contribution in [0.5, 0.6) is 0 Å². The number of hydrogen-bond acceptors (Lipinski definition) is 3. The summed E-state index contributed by atoms with van der Waals surface area (Å²) in [6.45, 7) is 0. The van der Waals surface area contributed by atoms with E-state index in [2.05, 4.69) is 15.3 Å². The minimum Gasteiger partial charge on any atom is -0.477 e. The van der Waals surface area contributed by atoms with Crippen LogP contribution >= 0.6 is 11.6 Å². The van der Waals surface area contributed by atoms with Crippen LogP contribution in [-0.2, 0) is 10.2 Å². The van der Waals surface area contributed by atoms with Gasteiger partial charge in [-0.05, 0) is 65.1 Å². The molecule has 1 spiro atoms. The number of aromatic carboxylic acids is 1. The summed E-state index contributed by atoms with van der Waals surface area (Å²) in [7, 11) is 0. The number of carbonyl (C=O) groups excluding carboxylic acids is 1. The lowest BCUT2D eigenvalue weighted by atomic mass is 9.90. The first-order valence-corrected chi connectivity index (χ1v) is 11.0. The molecule has 1 amide bonds. The number of nitrogens with zero attached hydrogens (tertiary/aromatic N) is 1. The topological polar surface area (TPSA) is 95.1 Å². The van der Waals surface area contributed by atoms with Crippen molar-refractivity contribution in [1.82, 2.24) is 9.97 Å². The zero-order valence-corrected chi connectivity index (χ0v) is 18.4. The van der Waals surface area contributed by atoms with Gasteiger partial charge in [0.1, 0.15) is 11.5 Å². The summed E-state index contributed by atoms with van der Waals surface area (Å²) < 4.78 is 15.0. The van der Waals surface area contributed by atoms with Crippen molar-refractivity contribution in [3.63, 3.8) is 0 Å². The van der Waals surface area contributed by atoms with Crippen molar-refractivity contribution in [1.29, 1.82) is 0 Å². The number of fused-ring (bicyclic) bond motifs is 2. The number of nitrogens with one attached hydrogen (secondary N) is 2. The van der Waals surface area contributed by atoms with Crippen LogP contribution in [-0.4, -0.2) is 27.0 Å². The molecule has 34 heavy (non-hydrogen) atoms. The van der Waals surface area contributed by atoms with Gasteiger partial charge in [-0.15, -0.1) is 0 Å². The lowest BCUT2D eigenvalue weighted by Crippen LogP contribution is -2.20. The number of hydrogen-bond donors (Lipinski definition) is 3. The van der Waals surface area contributed by atoms with Crippen molar-refractivity contribution < 1.29 is 19.1 Å². The molecule has 1 aliphatic heterocycles. The van der Waals surface area contributed by atoms with Gasteiger partial charge >= 0.3 is 5.97 Å². The number of rotatable bonds is 4. The fourth-order valence-electron chi connectivity index (χ4n) is 5.02. The van der Waals surface area contributed by atoms with Gasteiger partial charge in [0.15, 0.2) is 0 Å². The molecule has 0 saturated heterocycles. The van der Waals surface area contributed by atoms with Gasteiger partial charge in [0, 0.05) is 41.3 Å². The molecule has 2 aromatic carbocycles. The Bertz CT molecular complexity index is 1500. The molecule has 2 aliphatic rings. The molecule has 2 atom stereocenters. The second-order valence-electron chi connectivity index (χ2n) is 8.64. The quantitative estimate of drug-likeness (QED) is 0.359. The number of halogens is 2. The standard InChI is InChI=1S/C26H17ClFN3O3/c27-20-10-22-18(26(25(34)31-22)11-19(26)15-8-23(24(32)33)30-12-15)9-17(20)14-1-2-16(21(28)7-14)13-3-5-29-6-4-13/h1-10,12,19,30H,11H2,(H,31,34)(H,32,33). The normalized spacial score (nSPS) is 20.3. The summed E-state index contributed by atoms with van der Waals surface area (Å²) in [5.41, 5.74) is 3.89. The van der Waals surface area contributed by atoms with E-state index in [0.717, 1.165) is 16.7 Å². The van der Waals surface area contributed by atoms with Crippen molar-refractivity contribution in [2.45, 2.75) is 17.8 Å². The Morgan fingerprint density at radius 2 is 1.88 bits per heavy atom. The molecule has 1 aliphatic carbocycles. The summed E-state index contributed by atoms with van der Waals surface area (Å²) >= 11 is 6.55. The van der Waals surface area contributed by atoms with Gasteiger partial charge in [0.05, 0.1) is 10.4 Å². The highest BCUT2D eigenvalue weighted by atomic mass is 35.5. The molecule has 168 valence electrons. The summed E-state index contributed by atoms with van der Waals surface area (Å²) in [5, 5.41) is 12.5. The molecule has 3 N–H and O–H groups in total. The molecule has 2 aromatic heterocycles. The maximum absolute atomic E-state index is 15.0. The molecule has 6 nitrogen and oxygen atoms in total. The van der Waals surface area contributed by atoms with Gasteiger partial charge in [-0.1, -0.05) is 23.7 Å². The lowest BCUT2D eigenvalue weighted by Gasteiger charge is -2.13. The molecular weight excluding hydrogens is 457 g/mol. The molecule has 2 unspecified atom stereocenters. The monoisotopic (exact) mass is 473 g/mol. The number of aromatic amines is 1. The van der Waals surface area contributed by atoms with Crippen molar-refractivity contribution in [2.24, 2.45) is 0 Å². The number of amides is 1. The third kappa shape index (κ3) is 2.97. The minimum absolute atomic E-state index is 0.0808. The van der Waals surface area contributed by atoms with Gasteiger partial charge in [0.25, 0.3) is 0 Å². The van der Waals surface area contributed by atoms with Crippen LogP contribution in [0.3, 0.4) is 0 Å². The molecule has 4 aromatic rings. The van der Waals surface area contributed by atoms with Crippen molar-refractivity contribution >= 4 is 29.2 Å². The minimum atomic E-state index is -1.05. The summed E-state index contributed by atoms with van der Waals surface area (Å²) in [6, 6.07) is 13.5. The Morgan fingerprint density at radius 3 is 2.59 bits per heavy atom. The van der Waals surface area contributed by atoms with E-state index in [0.29, 0.717) is 33.8 Å². The van der Waals surface area contributed by atoms with Crippen molar-refractivity contribution in [2.75, 3.05) is 5.32 Å². The van der Waals surface area contributed by atoms with E-state index in [1.165, 1.54) is 6.07 Å². The predicted molar refractivity (Wildman–Crippen MR) is 125 cm³/mol. The van der Waals surface area contributed by atoms with Gasteiger partial charge in [-0.2, -0.15) is 0 Å². The summed E-state index contributed by atoms with van der Waals surface area (Å²) in [5.74, 6) is -1.73.